The van der Waals surface area contributed by atoms with Crippen molar-refractivity contribution in [2.75, 3.05) is 0 Å². The summed E-state index contributed by atoms with van der Waals surface area (Å²) in [5.41, 5.74) is 14.8. The molecule has 0 spiro atoms. The lowest BCUT2D eigenvalue weighted by Crippen LogP contribution is -2.11. The molecule has 0 unspecified atom stereocenters. The smallest absolute Gasteiger partial charge is 0.0443 e. The molecule has 9 rings (SSSR count). The van der Waals surface area contributed by atoms with Gasteiger partial charge in [0.15, 0.2) is 0 Å². The molecular formula is C88H129ClS4. The highest BCUT2D eigenvalue weighted by molar-refractivity contribution is 7.12. The molecule has 9 aromatic rings. The fourth-order valence-electron chi connectivity index (χ4n) is 8.37. The Labute approximate surface area is 594 Å². The zero-order valence-corrected chi connectivity index (χ0v) is 68.9. The molecule has 0 N–H and O–H groups in total. The molecule has 5 heteroatoms. The van der Waals surface area contributed by atoms with E-state index in [2.05, 4.69) is 391 Å². The van der Waals surface area contributed by atoms with E-state index in [1.807, 2.05) is 63.5 Å². The van der Waals surface area contributed by atoms with Crippen LogP contribution in [0.4, 0.5) is 0 Å². The van der Waals surface area contributed by atoms with Gasteiger partial charge in [-0.05, 0) is 171 Å². The van der Waals surface area contributed by atoms with Gasteiger partial charge < -0.3 is 0 Å². The van der Waals surface area contributed by atoms with Crippen molar-refractivity contribution in [2.45, 2.75) is 277 Å². The van der Waals surface area contributed by atoms with Gasteiger partial charge in [-0.25, -0.2) is 0 Å². The molecule has 0 aliphatic heterocycles. The van der Waals surface area contributed by atoms with Crippen molar-refractivity contribution in [2.24, 2.45) is 0 Å². The summed E-state index contributed by atoms with van der Waals surface area (Å²) in [5, 5.41) is 5.11. The lowest BCUT2D eigenvalue weighted by atomic mass is 9.87. The number of rotatable bonds is 0. The fraction of sp³-hybridized carbons (Fsp3) is 0.477. The minimum absolute atomic E-state index is 0.151. The third-order valence-corrected chi connectivity index (χ3v) is 20.6. The second-order valence-corrected chi connectivity index (χ2v) is 38.8. The second-order valence-electron chi connectivity index (χ2n) is 34.0. The Hall–Kier alpha value is -4.81. The first kappa shape index (κ1) is 86.2. The van der Waals surface area contributed by atoms with Crippen molar-refractivity contribution in [3.8, 4) is 0 Å². The minimum Gasteiger partial charge on any atom is -0.148 e. The lowest BCUT2D eigenvalue weighted by molar-refractivity contribution is 0.590. The molecule has 0 bridgehead atoms. The Bertz CT molecular complexity index is 3070. The van der Waals surface area contributed by atoms with Gasteiger partial charge in [-0.15, -0.1) is 45.3 Å². The maximum Gasteiger partial charge on any atom is 0.0443 e. The van der Waals surface area contributed by atoms with Crippen molar-refractivity contribution in [1.82, 2.24) is 0 Å². The van der Waals surface area contributed by atoms with Crippen LogP contribution >= 0.6 is 56.9 Å². The van der Waals surface area contributed by atoms with Gasteiger partial charge in [-0.1, -0.05) is 348 Å². The van der Waals surface area contributed by atoms with Crippen LogP contribution in [0, 0.1) is 41.5 Å². The summed E-state index contributed by atoms with van der Waals surface area (Å²) >= 11 is 13.5. The highest BCUT2D eigenvalue weighted by atomic mass is 35.5. The Morgan fingerprint density at radius 2 is 0.462 bits per heavy atom. The third-order valence-electron chi connectivity index (χ3n) is 14.8. The number of benzene rings is 5. The predicted octanol–water partition coefficient (Wildman–Crippen LogP) is 29.6. The van der Waals surface area contributed by atoms with E-state index in [-0.39, 0.29) is 27.1 Å². The van der Waals surface area contributed by atoms with Gasteiger partial charge in [0.25, 0.3) is 0 Å². The summed E-state index contributed by atoms with van der Waals surface area (Å²) in [6, 6.07) is 60.3. The molecule has 5 aromatic carbocycles. The predicted molar refractivity (Wildman–Crippen MR) is 431 cm³/mol. The van der Waals surface area contributed by atoms with Gasteiger partial charge >= 0.3 is 0 Å². The van der Waals surface area contributed by atoms with Crippen LogP contribution in [-0.2, 0) is 48.7 Å². The molecule has 0 atom stereocenters. The Morgan fingerprint density at radius 1 is 0.226 bits per heavy atom. The SMILES string of the molecule is CC(C)(C)c1ccccc1Cl.CC(C)(C)c1cccs1.CC(C)(C)c1cccs1.Cc1ccc(C(C)(C)C)cc1.Cc1ccc(C(C)(C)C)cc1.Cc1ccc(C(C)(C)C)cc1.Cc1ccc(C(C)(C)C)cc1.Cc1ccc(C(C)(C)C)s1.Cc1ccc(C(C)(C)C)s1. The highest BCUT2D eigenvalue weighted by Gasteiger charge is 2.19. The summed E-state index contributed by atoms with van der Waals surface area (Å²) in [7, 11) is 0. The van der Waals surface area contributed by atoms with Crippen molar-refractivity contribution in [3.05, 3.63) is 265 Å². The average Bonchev–Trinajstić information content (AvgIpc) is 1.94. The number of thiophene rings is 4. The van der Waals surface area contributed by atoms with Crippen molar-refractivity contribution in [3.63, 3.8) is 0 Å². The van der Waals surface area contributed by atoms with Crippen LogP contribution < -0.4 is 0 Å². The van der Waals surface area contributed by atoms with Crippen LogP contribution in [0.1, 0.15) is 266 Å². The largest absolute Gasteiger partial charge is 0.148 e. The monoisotopic (exact) mass is 1350 g/mol. The normalized spacial score (nSPS) is 11.8. The molecule has 0 saturated heterocycles. The zero-order chi connectivity index (χ0) is 71.8. The van der Waals surface area contributed by atoms with Gasteiger partial charge in [0.1, 0.15) is 0 Å². The molecule has 93 heavy (non-hydrogen) atoms. The minimum atomic E-state index is 0.151. The molecule has 0 aliphatic carbocycles. The second kappa shape index (κ2) is 37.6. The van der Waals surface area contributed by atoms with Crippen molar-refractivity contribution in [1.29, 1.82) is 0 Å². The van der Waals surface area contributed by atoms with E-state index in [0.717, 1.165) is 5.02 Å². The molecule has 512 valence electrons. The van der Waals surface area contributed by atoms with Crippen LogP contribution in [0.2, 0.25) is 5.02 Å². The van der Waals surface area contributed by atoms with E-state index < -0.39 is 0 Å². The van der Waals surface area contributed by atoms with Crippen molar-refractivity contribution < 1.29 is 0 Å². The summed E-state index contributed by atoms with van der Waals surface area (Å²) in [6.07, 6.45) is 0. The van der Waals surface area contributed by atoms with Crippen LogP contribution in [0.25, 0.3) is 0 Å². The first-order valence-corrected chi connectivity index (χ1v) is 37.3. The highest BCUT2D eigenvalue weighted by Crippen LogP contribution is 2.32. The average molecular weight is 1350 g/mol. The third kappa shape index (κ3) is 36.2. The Morgan fingerprint density at radius 3 is 0.591 bits per heavy atom. The van der Waals surface area contributed by atoms with E-state index >= 15 is 0 Å². The van der Waals surface area contributed by atoms with E-state index in [9.17, 15) is 0 Å². The van der Waals surface area contributed by atoms with Gasteiger partial charge in [-0.2, -0.15) is 0 Å². The zero-order valence-electron chi connectivity index (χ0n) is 64.8. The molecule has 0 radical (unpaired) electrons. The lowest BCUT2D eigenvalue weighted by Gasteiger charge is -2.19. The maximum absolute atomic E-state index is 6.01. The van der Waals surface area contributed by atoms with Gasteiger partial charge in [0.2, 0.25) is 0 Å². The fourth-order valence-corrected chi connectivity index (χ4v) is 12.3. The molecule has 4 heterocycles. The standard InChI is InChI=1S/4C11H16.C10H13Cl.2C9H14S.2C8H12S/c4*1-9-5-7-10(8-6-9)11(2,3)4;1-10(2,3)8-6-4-5-7-9(8)11;2*1-7-5-6-8(10-7)9(2,3)4;2*1-8(2,3)7-5-4-6-9-7/h4*5-8H,1-4H3;4-7H,1-3H3;2*5-6H,1-4H3;2*4-6H,1-3H3. The Balaban J connectivity index is 0.000000524. The first-order chi connectivity index (χ1) is 42.2. The molecule has 4 aromatic heterocycles. The maximum atomic E-state index is 6.01. The molecular weight excluding hydrogens is 1220 g/mol. The summed E-state index contributed by atoms with van der Waals surface area (Å²) in [4.78, 5) is 8.69. The number of hydrogen-bond donors (Lipinski definition) is 0. The topological polar surface area (TPSA) is 0 Å². The van der Waals surface area contributed by atoms with Gasteiger partial charge in [0, 0.05) is 34.3 Å². The van der Waals surface area contributed by atoms with E-state index in [0.29, 0.717) is 21.7 Å². The van der Waals surface area contributed by atoms with Crippen LogP contribution in [0.5, 0.6) is 0 Å². The van der Waals surface area contributed by atoms with Crippen LogP contribution in [0.3, 0.4) is 0 Å². The van der Waals surface area contributed by atoms with E-state index in [1.54, 1.807) is 0 Å². The molecule has 0 saturated carbocycles. The number of hydrogen-bond acceptors (Lipinski definition) is 4. The van der Waals surface area contributed by atoms with Gasteiger partial charge in [0.05, 0.1) is 0 Å². The van der Waals surface area contributed by atoms with Gasteiger partial charge in [-0.3, -0.25) is 0 Å². The van der Waals surface area contributed by atoms with Crippen molar-refractivity contribution >= 4 is 56.9 Å². The number of aryl methyl sites for hydroxylation is 6. The van der Waals surface area contributed by atoms with Crippen LogP contribution in [-0.4, -0.2) is 0 Å². The number of halogens is 1. The Kier molecular flexibility index (Phi) is 34.9. The summed E-state index contributed by atoms with van der Waals surface area (Å²) in [6.45, 7) is 73.0. The van der Waals surface area contributed by atoms with E-state index in [1.165, 1.54) is 79.3 Å². The molecule has 0 nitrogen and oxygen atoms in total. The summed E-state index contributed by atoms with van der Waals surface area (Å²) < 4.78 is 0. The first-order valence-electron chi connectivity index (χ1n) is 33.5. The molecule has 0 amide bonds. The quantitative estimate of drug-likeness (QED) is 0.142. The van der Waals surface area contributed by atoms with Crippen LogP contribution in [0.15, 0.2) is 181 Å². The molecule has 0 aliphatic rings. The summed E-state index contributed by atoms with van der Waals surface area (Å²) in [5.74, 6) is 0. The van der Waals surface area contributed by atoms with E-state index in [4.69, 9.17) is 11.6 Å². The molecule has 0 fully saturated rings.